The number of nitrogens with zero attached hydrogens (tertiary/aromatic N) is 1. The maximum atomic E-state index is 12.5. The van der Waals surface area contributed by atoms with E-state index in [-0.39, 0.29) is 11.3 Å². The number of anilines is 2. The Balaban J connectivity index is 1.67. The number of para-hydroxylation sites is 1. The molecule has 1 amide bonds. The van der Waals surface area contributed by atoms with E-state index in [1.54, 1.807) is 12.1 Å². The van der Waals surface area contributed by atoms with Gasteiger partial charge in [-0.15, -0.1) is 0 Å². The minimum absolute atomic E-state index is 0.0712. The predicted octanol–water partition coefficient (Wildman–Crippen LogP) is 4.78. The molecule has 0 atom stereocenters. The number of amides is 1. The van der Waals surface area contributed by atoms with Crippen LogP contribution >= 0.6 is 0 Å². The Hall–Kier alpha value is -2.63. The number of ether oxygens (including phenoxy) is 1. The van der Waals surface area contributed by atoms with Crippen LogP contribution in [0.25, 0.3) is 0 Å². The van der Waals surface area contributed by atoms with E-state index in [0.29, 0.717) is 5.69 Å². The van der Waals surface area contributed by atoms with Gasteiger partial charge >= 0.3 is 6.61 Å². The third-order valence-electron chi connectivity index (χ3n) is 4.62. The van der Waals surface area contributed by atoms with Crippen LogP contribution in [-0.4, -0.2) is 25.6 Å². The van der Waals surface area contributed by atoms with Crippen LogP contribution in [0.4, 0.5) is 20.2 Å². The zero-order chi connectivity index (χ0) is 18.5. The highest BCUT2D eigenvalue weighted by atomic mass is 19.3. The average Bonchev–Trinajstić information content (AvgIpc) is 2.63. The van der Waals surface area contributed by atoms with Crippen LogP contribution < -0.4 is 15.0 Å². The first-order valence-corrected chi connectivity index (χ1v) is 8.73. The van der Waals surface area contributed by atoms with E-state index >= 15 is 0 Å². The zero-order valence-corrected chi connectivity index (χ0v) is 14.6. The Morgan fingerprint density at radius 2 is 1.77 bits per heavy atom. The van der Waals surface area contributed by atoms with Gasteiger partial charge in [-0.2, -0.15) is 8.78 Å². The van der Waals surface area contributed by atoms with Crippen molar-refractivity contribution in [2.45, 2.75) is 26.4 Å². The van der Waals surface area contributed by atoms with Crippen LogP contribution in [0.1, 0.15) is 30.1 Å². The summed E-state index contributed by atoms with van der Waals surface area (Å²) in [6.45, 7) is 1.36. The fourth-order valence-corrected chi connectivity index (χ4v) is 3.07. The summed E-state index contributed by atoms with van der Waals surface area (Å²) in [5.41, 5.74) is 1.80. The molecule has 1 aliphatic heterocycles. The fourth-order valence-electron chi connectivity index (χ4n) is 3.07. The number of nitrogens with one attached hydrogen (secondary N) is 1. The predicted molar refractivity (Wildman–Crippen MR) is 98.1 cm³/mol. The van der Waals surface area contributed by atoms with Gasteiger partial charge in [0.15, 0.2) is 0 Å². The second kappa shape index (κ2) is 8.17. The quantitative estimate of drug-likeness (QED) is 0.835. The smallest absolute Gasteiger partial charge is 0.387 e. The molecule has 0 bridgehead atoms. The molecule has 4 nitrogen and oxygen atoms in total. The fraction of sp³-hybridized carbons (Fsp3) is 0.350. The molecule has 138 valence electrons. The van der Waals surface area contributed by atoms with Gasteiger partial charge in [-0.1, -0.05) is 19.1 Å². The van der Waals surface area contributed by atoms with Crippen molar-refractivity contribution in [3.05, 3.63) is 54.1 Å². The van der Waals surface area contributed by atoms with Gasteiger partial charge in [-0.3, -0.25) is 4.79 Å². The number of halogens is 2. The summed E-state index contributed by atoms with van der Waals surface area (Å²) in [4.78, 5) is 14.7. The Morgan fingerprint density at radius 3 is 2.42 bits per heavy atom. The van der Waals surface area contributed by atoms with Crippen molar-refractivity contribution in [3.8, 4) is 5.75 Å². The first-order chi connectivity index (χ1) is 12.5. The molecule has 1 saturated heterocycles. The molecule has 0 spiro atoms. The van der Waals surface area contributed by atoms with Gasteiger partial charge in [0.05, 0.1) is 5.56 Å². The van der Waals surface area contributed by atoms with E-state index in [4.69, 9.17) is 0 Å². The first-order valence-electron chi connectivity index (χ1n) is 8.73. The van der Waals surface area contributed by atoms with E-state index in [0.717, 1.165) is 24.7 Å². The molecular formula is C20H22F2N2O2. The molecule has 3 rings (SSSR count). The van der Waals surface area contributed by atoms with Crippen molar-refractivity contribution in [2.75, 3.05) is 23.3 Å². The molecule has 2 aromatic rings. The summed E-state index contributed by atoms with van der Waals surface area (Å²) in [6, 6.07) is 13.5. The summed E-state index contributed by atoms with van der Waals surface area (Å²) in [5, 5.41) is 2.73. The summed E-state index contributed by atoms with van der Waals surface area (Å²) in [7, 11) is 0. The zero-order valence-electron chi connectivity index (χ0n) is 14.6. The number of carbonyl (C=O) groups is 1. The number of hydrogen-bond acceptors (Lipinski definition) is 3. The lowest BCUT2D eigenvalue weighted by Crippen LogP contribution is -2.32. The number of hydrogen-bond donors (Lipinski definition) is 1. The maximum absolute atomic E-state index is 12.5. The van der Waals surface area contributed by atoms with Crippen molar-refractivity contribution in [3.63, 3.8) is 0 Å². The average molecular weight is 360 g/mol. The van der Waals surface area contributed by atoms with Crippen molar-refractivity contribution in [1.82, 2.24) is 0 Å². The second-order valence-corrected chi connectivity index (χ2v) is 6.55. The molecule has 0 aliphatic carbocycles. The van der Waals surface area contributed by atoms with Crippen molar-refractivity contribution in [2.24, 2.45) is 5.92 Å². The lowest BCUT2D eigenvalue weighted by molar-refractivity contribution is -0.0501. The van der Waals surface area contributed by atoms with Gasteiger partial charge in [0.25, 0.3) is 5.91 Å². The van der Waals surface area contributed by atoms with Crippen LogP contribution in [0.2, 0.25) is 0 Å². The number of alkyl halides is 2. The maximum Gasteiger partial charge on any atom is 0.387 e. The first kappa shape index (κ1) is 18.2. The van der Waals surface area contributed by atoms with E-state index in [1.165, 1.54) is 25.0 Å². The largest absolute Gasteiger partial charge is 0.434 e. The normalized spacial score (nSPS) is 15.2. The second-order valence-electron chi connectivity index (χ2n) is 6.55. The Labute approximate surface area is 151 Å². The monoisotopic (exact) mass is 360 g/mol. The van der Waals surface area contributed by atoms with Gasteiger partial charge in [-0.05, 0) is 55.2 Å². The van der Waals surface area contributed by atoms with E-state index < -0.39 is 12.5 Å². The number of carbonyl (C=O) groups excluding carboxylic acids is 1. The third-order valence-corrected chi connectivity index (χ3v) is 4.62. The highest BCUT2D eigenvalue weighted by molar-refractivity contribution is 6.06. The van der Waals surface area contributed by atoms with Gasteiger partial charge in [0.1, 0.15) is 5.75 Å². The molecule has 1 N–H and O–H groups in total. The molecule has 0 unspecified atom stereocenters. The Morgan fingerprint density at radius 1 is 1.12 bits per heavy atom. The van der Waals surface area contributed by atoms with Crippen molar-refractivity contribution < 1.29 is 18.3 Å². The van der Waals surface area contributed by atoms with Crippen LogP contribution in [0, 0.1) is 5.92 Å². The van der Waals surface area contributed by atoms with E-state index in [1.807, 2.05) is 24.3 Å². The Bertz CT molecular complexity index is 742. The summed E-state index contributed by atoms with van der Waals surface area (Å²) < 4.78 is 29.4. The minimum atomic E-state index is -2.98. The highest BCUT2D eigenvalue weighted by Gasteiger charge is 2.17. The Kier molecular flexibility index (Phi) is 5.71. The summed E-state index contributed by atoms with van der Waals surface area (Å²) in [6.07, 6.45) is 2.36. The van der Waals surface area contributed by atoms with Crippen LogP contribution in [0.3, 0.4) is 0 Å². The third kappa shape index (κ3) is 4.50. The van der Waals surface area contributed by atoms with Crippen LogP contribution in [-0.2, 0) is 0 Å². The summed E-state index contributed by atoms with van der Waals surface area (Å²) in [5.74, 6) is 0.139. The SMILES string of the molecule is CC1CCN(c2ccc(NC(=O)c3ccccc3OC(F)F)cc2)CC1. The number of benzene rings is 2. The van der Waals surface area contributed by atoms with E-state index in [9.17, 15) is 13.6 Å². The van der Waals surface area contributed by atoms with Gasteiger partial charge in [0, 0.05) is 24.5 Å². The van der Waals surface area contributed by atoms with Crippen LogP contribution in [0.5, 0.6) is 5.75 Å². The lowest BCUT2D eigenvalue weighted by Gasteiger charge is -2.32. The molecule has 0 saturated carbocycles. The number of rotatable bonds is 5. The highest BCUT2D eigenvalue weighted by Crippen LogP contribution is 2.25. The molecule has 1 heterocycles. The standard InChI is InChI=1S/C20H22F2N2O2/c1-14-10-12-24(13-11-14)16-8-6-15(7-9-16)23-19(25)17-4-2-3-5-18(17)26-20(21)22/h2-9,14,20H,10-13H2,1H3,(H,23,25). The van der Waals surface area contributed by atoms with Crippen molar-refractivity contribution >= 4 is 17.3 Å². The molecule has 1 aliphatic rings. The number of piperidine rings is 1. The molecule has 0 radical (unpaired) electrons. The molecule has 26 heavy (non-hydrogen) atoms. The molecule has 2 aromatic carbocycles. The molecule has 0 aromatic heterocycles. The van der Waals surface area contributed by atoms with Crippen LogP contribution in [0.15, 0.2) is 48.5 Å². The van der Waals surface area contributed by atoms with E-state index in [2.05, 4.69) is 21.9 Å². The van der Waals surface area contributed by atoms with Gasteiger partial charge in [-0.25, -0.2) is 0 Å². The van der Waals surface area contributed by atoms with Gasteiger partial charge in [0.2, 0.25) is 0 Å². The minimum Gasteiger partial charge on any atom is -0.434 e. The van der Waals surface area contributed by atoms with Gasteiger partial charge < -0.3 is 15.0 Å². The molecule has 6 heteroatoms. The molecular weight excluding hydrogens is 338 g/mol. The van der Waals surface area contributed by atoms with Crippen molar-refractivity contribution in [1.29, 1.82) is 0 Å². The summed E-state index contributed by atoms with van der Waals surface area (Å²) >= 11 is 0. The lowest BCUT2D eigenvalue weighted by atomic mass is 9.99. The molecule has 1 fully saturated rings. The topological polar surface area (TPSA) is 41.6 Å².